The van der Waals surface area contributed by atoms with Crippen molar-refractivity contribution in [2.75, 3.05) is 26.2 Å². The number of hydrogen-bond donors (Lipinski definition) is 2. The van der Waals surface area contributed by atoms with E-state index in [1.807, 2.05) is 13.8 Å². The van der Waals surface area contributed by atoms with Crippen molar-refractivity contribution in [3.63, 3.8) is 0 Å². The number of amides is 1. The predicted octanol–water partition coefficient (Wildman–Crippen LogP) is 1.93. The van der Waals surface area contributed by atoms with Crippen molar-refractivity contribution in [2.45, 2.75) is 44.6 Å². The van der Waals surface area contributed by atoms with Crippen LogP contribution in [-0.2, 0) is 10.0 Å². The van der Waals surface area contributed by atoms with Crippen molar-refractivity contribution >= 4 is 28.3 Å². The van der Waals surface area contributed by atoms with Gasteiger partial charge in [-0.25, -0.2) is 8.42 Å². The molecular formula is C17H28ClN3O3S. The van der Waals surface area contributed by atoms with Crippen LogP contribution in [0.15, 0.2) is 23.1 Å². The van der Waals surface area contributed by atoms with Gasteiger partial charge >= 0.3 is 0 Å². The molecule has 6 nitrogen and oxygen atoms in total. The van der Waals surface area contributed by atoms with Crippen molar-refractivity contribution in [2.24, 2.45) is 0 Å². The number of sulfonamides is 1. The van der Waals surface area contributed by atoms with Crippen LogP contribution in [0.3, 0.4) is 0 Å². The maximum absolute atomic E-state index is 12.8. The Bertz CT molecular complexity index is 684. The van der Waals surface area contributed by atoms with E-state index >= 15 is 0 Å². The Hall–Kier alpha value is -1.15. The lowest BCUT2D eigenvalue weighted by molar-refractivity contribution is 0.0929. The summed E-state index contributed by atoms with van der Waals surface area (Å²) < 4.78 is 26.9. The average Bonchev–Trinajstić information content (AvgIpc) is 2.56. The van der Waals surface area contributed by atoms with Gasteiger partial charge in [0, 0.05) is 24.7 Å². The van der Waals surface area contributed by atoms with Crippen LogP contribution < -0.4 is 10.6 Å². The molecule has 1 aliphatic rings. The third-order valence-corrected chi connectivity index (χ3v) is 6.64. The Morgan fingerprint density at radius 2 is 1.84 bits per heavy atom. The maximum atomic E-state index is 12.8. The van der Waals surface area contributed by atoms with Crippen molar-refractivity contribution in [1.29, 1.82) is 0 Å². The zero-order valence-electron chi connectivity index (χ0n) is 15.0. The third kappa shape index (κ3) is 5.17. The Morgan fingerprint density at radius 3 is 2.40 bits per heavy atom. The smallest absolute Gasteiger partial charge is 0.251 e. The molecule has 0 radical (unpaired) electrons. The molecule has 2 N–H and O–H groups in total. The third-order valence-electron chi connectivity index (χ3n) is 4.45. The quantitative estimate of drug-likeness (QED) is 0.779. The van der Waals surface area contributed by atoms with Crippen LogP contribution in [0.2, 0.25) is 0 Å². The number of hydrogen-bond acceptors (Lipinski definition) is 4. The van der Waals surface area contributed by atoms with Crippen molar-refractivity contribution in [3.05, 3.63) is 29.3 Å². The second-order valence-electron chi connectivity index (χ2n) is 6.07. The summed E-state index contributed by atoms with van der Waals surface area (Å²) >= 11 is 0. The van der Waals surface area contributed by atoms with Gasteiger partial charge in [0.2, 0.25) is 10.0 Å². The lowest BCUT2D eigenvalue weighted by atomic mass is 10.1. The summed E-state index contributed by atoms with van der Waals surface area (Å²) in [4.78, 5) is 12.7. The highest BCUT2D eigenvalue weighted by Gasteiger charge is 2.25. The summed E-state index contributed by atoms with van der Waals surface area (Å²) in [6, 6.07) is 5.03. The molecule has 0 aromatic heterocycles. The van der Waals surface area contributed by atoms with E-state index in [-0.39, 0.29) is 29.3 Å². The molecular weight excluding hydrogens is 362 g/mol. The van der Waals surface area contributed by atoms with Crippen molar-refractivity contribution in [1.82, 2.24) is 14.9 Å². The number of nitrogens with zero attached hydrogens (tertiary/aromatic N) is 1. The van der Waals surface area contributed by atoms with Gasteiger partial charge in [0.1, 0.15) is 0 Å². The number of aryl methyl sites for hydroxylation is 1. The van der Waals surface area contributed by atoms with Crippen LogP contribution in [-0.4, -0.2) is 50.9 Å². The normalized spacial score (nSPS) is 15.7. The van der Waals surface area contributed by atoms with E-state index in [1.54, 1.807) is 19.1 Å². The van der Waals surface area contributed by atoms with E-state index in [9.17, 15) is 13.2 Å². The summed E-state index contributed by atoms with van der Waals surface area (Å²) in [6.45, 7) is 7.97. The number of carbonyl (C=O) groups is 1. The maximum Gasteiger partial charge on any atom is 0.251 e. The van der Waals surface area contributed by atoms with E-state index in [2.05, 4.69) is 10.6 Å². The molecule has 0 aliphatic carbocycles. The van der Waals surface area contributed by atoms with E-state index in [0.29, 0.717) is 24.2 Å². The highest BCUT2D eigenvalue weighted by molar-refractivity contribution is 7.89. The number of halogens is 1. The lowest BCUT2D eigenvalue weighted by Gasteiger charge is -2.24. The van der Waals surface area contributed by atoms with E-state index in [0.717, 1.165) is 25.9 Å². The SMILES string of the molecule is CCN(CC)S(=O)(=O)c1cc(C(=O)NC2CCNCC2)ccc1C.Cl. The predicted molar refractivity (Wildman–Crippen MR) is 102 cm³/mol. The standard InChI is InChI=1S/C17H27N3O3S.ClH/c1-4-20(5-2)24(22,23)16-12-14(7-6-13(16)3)17(21)19-15-8-10-18-11-9-15;/h6-7,12,15,18H,4-5,8-11H2,1-3H3,(H,19,21);1H. The molecule has 142 valence electrons. The molecule has 2 rings (SSSR count). The second-order valence-corrected chi connectivity index (χ2v) is 7.97. The highest BCUT2D eigenvalue weighted by atomic mass is 35.5. The van der Waals surface area contributed by atoms with Gasteiger partial charge in [-0.3, -0.25) is 4.79 Å². The summed E-state index contributed by atoms with van der Waals surface area (Å²) in [6.07, 6.45) is 1.78. The number of rotatable bonds is 6. The first-order valence-corrected chi connectivity index (χ1v) is 9.96. The fourth-order valence-electron chi connectivity index (χ4n) is 2.96. The van der Waals surface area contributed by atoms with Gasteiger partial charge in [0.05, 0.1) is 4.90 Å². The van der Waals surface area contributed by atoms with Gasteiger partial charge in [0.25, 0.3) is 5.91 Å². The fourth-order valence-corrected chi connectivity index (χ4v) is 4.67. The molecule has 1 heterocycles. The van der Waals surface area contributed by atoms with Crippen LogP contribution in [0.1, 0.15) is 42.6 Å². The molecule has 0 spiro atoms. The molecule has 1 amide bonds. The Morgan fingerprint density at radius 1 is 1.24 bits per heavy atom. The Labute approximate surface area is 156 Å². The zero-order valence-corrected chi connectivity index (χ0v) is 16.7. The minimum Gasteiger partial charge on any atom is -0.349 e. The molecule has 1 fully saturated rings. The zero-order chi connectivity index (χ0) is 17.7. The number of nitrogens with one attached hydrogen (secondary N) is 2. The van der Waals surface area contributed by atoms with Crippen LogP contribution >= 0.6 is 12.4 Å². The number of benzene rings is 1. The van der Waals surface area contributed by atoms with Crippen LogP contribution in [0.25, 0.3) is 0 Å². The number of carbonyl (C=O) groups excluding carboxylic acids is 1. The molecule has 0 unspecified atom stereocenters. The van der Waals surface area contributed by atoms with Crippen molar-refractivity contribution < 1.29 is 13.2 Å². The molecule has 25 heavy (non-hydrogen) atoms. The van der Waals surface area contributed by atoms with Gasteiger partial charge in [0.15, 0.2) is 0 Å². The van der Waals surface area contributed by atoms with Crippen LogP contribution in [0.5, 0.6) is 0 Å². The second kappa shape index (κ2) is 9.52. The van der Waals surface area contributed by atoms with Gasteiger partial charge in [-0.1, -0.05) is 19.9 Å². The largest absolute Gasteiger partial charge is 0.349 e. The van der Waals surface area contributed by atoms with E-state index < -0.39 is 10.0 Å². The molecule has 1 aromatic carbocycles. The molecule has 0 atom stereocenters. The summed E-state index contributed by atoms with van der Waals surface area (Å²) in [5.74, 6) is -0.210. The molecule has 8 heteroatoms. The van der Waals surface area contributed by atoms with Crippen LogP contribution in [0.4, 0.5) is 0 Å². The monoisotopic (exact) mass is 389 g/mol. The summed E-state index contributed by atoms with van der Waals surface area (Å²) in [5.41, 5.74) is 1.05. The summed E-state index contributed by atoms with van der Waals surface area (Å²) in [7, 11) is -3.58. The molecule has 1 aliphatic heterocycles. The Kier molecular flexibility index (Phi) is 8.34. The number of piperidine rings is 1. The minimum atomic E-state index is -3.58. The Balaban J connectivity index is 0.00000312. The fraction of sp³-hybridized carbons (Fsp3) is 0.588. The first kappa shape index (κ1) is 21.9. The van der Waals surface area contributed by atoms with Gasteiger partial charge in [-0.2, -0.15) is 4.31 Å². The molecule has 0 bridgehead atoms. The molecule has 1 saturated heterocycles. The van der Waals surface area contributed by atoms with Crippen molar-refractivity contribution in [3.8, 4) is 0 Å². The van der Waals surface area contributed by atoms with Gasteiger partial charge in [-0.15, -0.1) is 12.4 Å². The molecule has 1 aromatic rings. The summed E-state index contributed by atoms with van der Waals surface area (Å²) in [5, 5.41) is 6.26. The van der Waals surface area contributed by atoms with E-state index in [1.165, 1.54) is 10.4 Å². The first-order valence-electron chi connectivity index (χ1n) is 8.52. The van der Waals surface area contributed by atoms with Crippen LogP contribution in [0, 0.1) is 6.92 Å². The average molecular weight is 390 g/mol. The topological polar surface area (TPSA) is 78.5 Å². The molecule has 0 saturated carbocycles. The van der Waals surface area contributed by atoms with Gasteiger partial charge in [-0.05, 0) is 50.6 Å². The lowest BCUT2D eigenvalue weighted by Crippen LogP contribution is -2.42. The first-order chi connectivity index (χ1) is 11.4. The minimum absolute atomic E-state index is 0. The highest BCUT2D eigenvalue weighted by Crippen LogP contribution is 2.21. The van der Waals surface area contributed by atoms with E-state index in [4.69, 9.17) is 0 Å². The van der Waals surface area contributed by atoms with Gasteiger partial charge < -0.3 is 10.6 Å².